The summed E-state index contributed by atoms with van der Waals surface area (Å²) in [6.07, 6.45) is 7.21. The van der Waals surface area contributed by atoms with Gasteiger partial charge in [0.05, 0.1) is 5.69 Å². The molecule has 2 rings (SSSR count). The summed E-state index contributed by atoms with van der Waals surface area (Å²) >= 11 is 0. The Bertz CT molecular complexity index is 522. The molecule has 0 aliphatic carbocycles. The molecule has 0 aliphatic rings. The Morgan fingerprint density at radius 1 is 1.47 bits per heavy atom. The second kappa shape index (κ2) is 4.04. The molecule has 0 unspecified atom stereocenters. The second-order valence-electron chi connectivity index (χ2n) is 3.09. The Morgan fingerprint density at radius 3 is 3.07 bits per heavy atom. The van der Waals surface area contributed by atoms with Gasteiger partial charge in [-0.2, -0.15) is 0 Å². The topological polar surface area (TPSA) is 53.9 Å². The molecule has 0 saturated heterocycles. The van der Waals surface area contributed by atoms with Crippen LogP contribution in [0.5, 0.6) is 0 Å². The molecule has 0 amide bonds. The third-order valence-electron chi connectivity index (χ3n) is 2.21. The molecule has 0 bridgehead atoms. The van der Waals surface area contributed by atoms with Gasteiger partial charge in [-0.3, -0.25) is 4.99 Å². The number of hydrogen-bond acceptors (Lipinski definition) is 3. The van der Waals surface area contributed by atoms with Crippen LogP contribution in [0, 0.1) is 0 Å². The first-order chi connectivity index (χ1) is 7.36. The number of allylic oxidation sites excluding steroid dienone is 2. The van der Waals surface area contributed by atoms with E-state index in [1.165, 1.54) is 0 Å². The van der Waals surface area contributed by atoms with Crippen molar-refractivity contribution < 1.29 is 0 Å². The molecule has 0 spiro atoms. The summed E-state index contributed by atoms with van der Waals surface area (Å²) in [5.74, 6) is 0. The number of nitrogens with one attached hydrogen (secondary N) is 1. The molecule has 0 aliphatic heterocycles. The predicted molar refractivity (Wildman–Crippen MR) is 62.0 cm³/mol. The molecule has 4 nitrogen and oxygen atoms in total. The van der Waals surface area contributed by atoms with Crippen molar-refractivity contribution in [2.45, 2.75) is 6.92 Å². The first-order valence-corrected chi connectivity index (χ1v) is 4.73. The molecule has 4 heteroatoms. The van der Waals surface area contributed by atoms with E-state index in [-0.39, 0.29) is 0 Å². The molecule has 0 saturated carbocycles. The number of nitrogens with zero attached hydrogens (tertiary/aromatic N) is 3. The Kier molecular flexibility index (Phi) is 2.58. The predicted octanol–water partition coefficient (Wildman–Crippen LogP) is 2.06. The normalized spacial score (nSPS) is 12.8. The molecule has 0 aromatic carbocycles. The lowest BCUT2D eigenvalue weighted by Crippen LogP contribution is -1.93. The second-order valence-corrected chi connectivity index (χ2v) is 3.09. The molecule has 0 radical (unpaired) electrons. The van der Waals surface area contributed by atoms with E-state index in [1.807, 2.05) is 25.3 Å². The van der Waals surface area contributed by atoms with Gasteiger partial charge in [0.2, 0.25) is 0 Å². The fourth-order valence-corrected chi connectivity index (χ4v) is 1.51. The summed E-state index contributed by atoms with van der Waals surface area (Å²) in [4.78, 5) is 15.5. The highest BCUT2D eigenvalue weighted by Gasteiger charge is 2.06. The number of hydrogen-bond donors (Lipinski definition) is 1. The average molecular weight is 200 g/mol. The van der Waals surface area contributed by atoms with Gasteiger partial charge in [0.15, 0.2) is 0 Å². The van der Waals surface area contributed by atoms with Gasteiger partial charge in [0.25, 0.3) is 0 Å². The SMILES string of the molecule is C/C=C(\C=NC)c1ncnc2[nH]ccc12. The third kappa shape index (κ3) is 1.66. The lowest BCUT2D eigenvalue weighted by molar-refractivity contribution is 1.18. The van der Waals surface area contributed by atoms with E-state index in [0.717, 1.165) is 22.3 Å². The van der Waals surface area contributed by atoms with Crippen LogP contribution in [-0.2, 0) is 0 Å². The van der Waals surface area contributed by atoms with Gasteiger partial charge in [-0.15, -0.1) is 0 Å². The maximum absolute atomic E-state index is 4.28. The van der Waals surface area contributed by atoms with Crippen LogP contribution in [0.25, 0.3) is 16.6 Å². The van der Waals surface area contributed by atoms with Gasteiger partial charge < -0.3 is 4.98 Å². The number of rotatable bonds is 2. The highest BCUT2D eigenvalue weighted by atomic mass is 14.9. The molecule has 0 fully saturated rings. The molecule has 2 heterocycles. The number of aromatic nitrogens is 3. The van der Waals surface area contributed by atoms with E-state index < -0.39 is 0 Å². The molecular formula is C11H12N4. The summed E-state index contributed by atoms with van der Waals surface area (Å²) in [6, 6.07) is 1.97. The van der Waals surface area contributed by atoms with Crippen LogP contribution < -0.4 is 0 Å². The van der Waals surface area contributed by atoms with Crippen molar-refractivity contribution in [2.24, 2.45) is 4.99 Å². The Hall–Kier alpha value is -1.97. The van der Waals surface area contributed by atoms with Crippen LogP contribution in [0.2, 0.25) is 0 Å². The summed E-state index contributed by atoms with van der Waals surface area (Å²) in [5.41, 5.74) is 2.77. The molecule has 2 aromatic rings. The Balaban J connectivity index is 2.64. The van der Waals surface area contributed by atoms with Crippen LogP contribution in [-0.4, -0.2) is 28.2 Å². The van der Waals surface area contributed by atoms with Crippen molar-refractivity contribution >= 4 is 22.8 Å². The highest BCUT2D eigenvalue weighted by molar-refractivity contribution is 6.13. The maximum Gasteiger partial charge on any atom is 0.141 e. The lowest BCUT2D eigenvalue weighted by Gasteiger charge is -2.01. The lowest BCUT2D eigenvalue weighted by atomic mass is 10.1. The number of fused-ring (bicyclic) bond motifs is 1. The van der Waals surface area contributed by atoms with Crippen molar-refractivity contribution in [2.75, 3.05) is 7.05 Å². The van der Waals surface area contributed by atoms with Crippen molar-refractivity contribution in [1.29, 1.82) is 0 Å². The molecular weight excluding hydrogens is 188 g/mol. The van der Waals surface area contributed by atoms with Gasteiger partial charge in [-0.25, -0.2) is 9.97 Å². The quantitative estimate of drug-likeness (QED) is 0.754. The molecule has 2 aromatic heterocycles. The van der Waals surface area contributed by atoms with Crippen LogP contribution >= 0.6 is 0 Å². The summed E-state index contributed by atoms with van der Waals surface area (Å²) in [6.45, 7) is 1.97. The van der Waals surface area contributed by atoms with Crippen LogP contribution in [0.4, 0.5) is 0 Å². The molecule has 15 heavy (non-hydrogen) atoms. The standard InChI is InChI=1S/C11H12N4/c1-3-8(6-12-2)10-9-4-5-13-11(9)15-7-14-10/h3-7H,1-2H3,(H,13,14,15)/b8-3+,12-6?. The third-order valence-corrected chi connectivity index (χ3v) is 2.21. The van der Waals surface area contributed by atoms with E-state index in [9.17, 15) is 0 Å². The fourth-order valence-electron chi connectivity index (χ4n) is 1.51. The van der Waals surface area contributed by atoms with Gasteiger partial charge >= 0.3 is 0 Å². The Morgan fingerprint density at radius 2 is 2.33 bits per heavy atom. The van der Waals surface area contributed by atoms with E-state index in [1.54, 1.807) is 19.6 Å². The molecule has 76 valence electrons. The minimum atomic E-state index is 0.851. The van der Waals surface area contributed by atoms with Crippen LogP contribution in [0.1, 0.15) is 12.6 Å². The zero-order valence-electron chi connectivity index (χ0n) is 8.73. The minimum absolute atomic E-state index is 0.851. The molecule has 1 N–H and O–H groups in total. The first-order valence-electron chi connectivity index (χ1n) is 4.73. The fraction of sp³-hybridized carbons (Fsp3) is 0.182. The number of H-pyrrole nitrogens is 1. The largest absolute Gasteiger partial charge is 0.346 e. The van der Waals surface area contributed by atoms with Gasteiger partial charge in [0.1, 0.15) is 12.0 Å². The van der Waals surface area contributed by atoms with Crippen molar-refractivity contribution in [3.8, 4) is 0 Å². The summed E-state index contributed by atoms with van der Waals surface area (Å²) < 4.78 is 0. The molecule has 0 atom stereocenters. The monoisotopic (exact) mass is 200 g/mol. The first kappa shape index (κ1) is 9.58. The Labute approximate surface area is 87.8 Å². The van der Waals surface area contributed by atoms with Gasteiger partial charge in [-0.05, 0) is 13.0 Å². The van der Waals surface area contributed by atoms with Crippen LogP contribution in [0.3, 0.4) is 0 Å². The number of aliphatic imine (C=N–C) groups is 1. The van der Waals surface area contributed by atoms with E-state index >= 15 is 0 Å². The summed E-state index contributed by atoms with van der Waals surface area (Å²) in [5, 5.41) is 1.02. The zero-order valence-corrected chi connectivity index (χ0v) is 8.73. The van der Waals surface area contributed by atoms with Crippen LogP contribution in [0.15, 0.2) is 29.7 Å². The van der Waals surface area contributed by atoms with E-state index in [4.69, 9.17) is 0 Å². The van der Waals surface area contributed by atoms with Crippen molar-refractivity contribution in [3.05, 3.63) is 30.4 Å². The number of aromatic amines is 1. The van der Waals surface area contributed by atoms with Gasteiger partial charge in [-0.1, -0.05) is 6.08 Å². The smallest absolute Gasteiger partial charge is 0.141 e. The van der Waals surface area contributed by atoms with E-state index in [0.29, 0.717) is 0 Å². The average Bonchev–Trinajstić information content (AvgIpc) is 2.73. The maximum atomic E-state index is 4.28. The van der Waals surface area contributed by atoms with E-state index in [2.05, 4.69) is 19.9 Å². The zero-order chi connectivity index (χ0) is 10.7. The minimum Gasteiger partial charge on any atom is -0.346 e. The van der Waals surface area contributed by atoms with Gasteiger partial charge in [0, 0.05) is 30.4 Å². The van der Waals surface area contributed by atoms with Crippen molar-refractivity contribution in [1.82, 2.24) is 15.0 Å². The van der Waals surface area contributed by atoms with Crippen molar-refractivity contribution in [3.63, 3.8) is 0 Å². The highest BCUT2D eigenvalue weighted by Crippen LogP contribution is 2.19. The summed E-state index contributed by atoms with van der Waals surface area (Å²) in [7, 11) is 1.75.